The van der Waals surface area contributed by atoms with E-state index in [9.17, 15) is 22.8 Å². The van der Waals surface area contributed by atoms with Crippen molar-refractivity contribution in [2.45, 2.75) is 13.1 Å². The fourth-order valence-electron chi connectivity index (χ4n) is 2.59. The number of alkyl halides is 3. The first-order valence-corrected chi connectivity index (χ1v) is 8.11. The van der Waals surface area contributed by atoms with Gasteiger partial charge < -0.3 is 14.7 Å². The van der Waals surface area contributed by atoms with Crippen molar-refractivity contribution in [2.24, 2.45) is 0 Å². The van der Waals surface area contributed by atoms with Gasteiger partial charge >= 0.3 is 6.18 Å². The standard InChI is InChI=1S/C15H22F3N5O3/c1-11-7-12(20-26-11)19-13(24)8-22-3-5-23(6-4-22)9-14(25)21(2)10-15(16,17)18/h7H,3-6,8-10H2,1-2H3,(H,19,20,24). The highest BCUT2D eigenvalue weighted by atomic mass is 19.4. The minimum atomic E-state index is -4.40. The molecule has 1 fully saturated rings. The van der Waals surface area contributed by atoms with Gasteiger partial charge in [-0.1, -0.05) is 5.16 Å². The van der Waals surface area contributed by atoms with Crippen LogP contribution in [0.15, 0.2) is 10.6 Å². The predicted molar refractivity (Wildman–Crippen MR) is 86.4 cm³/mol. The number of piperazine rings is 1. The van der Waals surface area contributed by atoms with Gasteiger partial charge in [0.1, 0.15) is 12.3 Å². The average Bonchev–Trinajstić information content (AvgIpc) is 2.92. The van der Waals surface area contributed by atoms with E-state index in [0.717, 1.165) is 7.05 Å². The number of aromatic nitrogens is 1. The Balaban J connectivity index is 1.70. The van der Waals surface area contributed by atoms with E-state index in [1.807, 2.05) is 4.90 Å². The molecule has 1 aliphatic rings. The highest BCUT2D eigenvalue weighted by Crippen LogP contribution is 2.15. The lowest BCUT2D eigenvalue weighted by Crippen LogP contribution is -2.51. The summed E-state index contributed by atoms with van der Waals surface area (Å²) >= 11 is 0. The molecule has 0 radical (unpaired) electrons. The predicted octanol–water partition coefficient (Wildman–Crippen LogP) is 0.560. The molecule has 1 saturated heterocycles. The summed E-state index contributed by atoms with van der Waals surface area (Å²) in [6.07, 6.45) is -4.40. The Hall–Kier alpha value is -2.14. The van der Waals surface area contributed by atoms with Crippen molar-refractivity contribution < 1.29 is 27.3 Å². The van der Waals surface area contributed by atoms with Crippen LogP contribution in [0, 0.1) is 6.92 Å². The van der Waals surface area contributed by atoms with Crippen LogP contribution in [0.5, 0.6) is 0 Å². The largest absolute Gasteiger partial charge is 0.406 e. The molecule has 2 amide bonds. The van der Waals surface area contributed by atoms with Gasteiger partial charge in [-0.2, -0.15) is 13.2 Å². The number of hydrogen-bond acceptors (Lipinski definition) is 6. The van der Waals surface area contributed by atoms with E-state index in [1.54, 1.807) is 17.9 Å². The van der Waals surface area contributed by atoms with Gasteiger partial charge in [-0.25, -0.2) is 0 Å². The maximum atomic E-state index is 12.3. The van der Waals surface area contributed by atoms with Crippen LogP contribution in [0.2, 0.25) is 0 Å². The van der Waals surface area contributed by atoms with E-state index >= 15 is 0 Å². The van der Waals surface area contributed by atoms with Gasteiger partial charge in [-0.05, 0) is 6.92 Å². The van der Waals surface area contributed by atoms with Gasteiger partial charge in [0, 0.05) is 39.3 Å². The number of aryl methyl sites for hydroxylation is 1. The van der Waals surface area contributed by atoms with Crippen molar-refractivity contribution in [1.82, 2.24) is 19.9 Å². The molecular weight excluding hydrogens is 355 g/mol. The molecule has 8 nitrogen and oxygen atoms in total. The van der Waals surface area contributed by atoms with Crippen molar-refractivity contribution >= 4 is 17.6 Å². The lowest BCUT2D eigenvalue weighted by molar-refractivity contribution is -0.159. The lowest BCUT2D eigenvalue weighted by Gasteiger charge is -2.34. The molecule has 1 N–H and O–H groups in total. The summed E-state index contributed by atoms with van der Waals surface area (Å²) in [6, 6.07) is 1.61. The molecular formula is C15H22F3N5O3. The maximum Gasteiger partial charge on any atom is 0.406 e. The Labute approximate surface area is 148 Å². The minimum Gasteiger partial charge on any atom is -0.360 e. The number of anilines is 1. The van der Waals surface area contributed by atoms with Crippen molar-refractivity contribution in [3.05, 3.63) is 11.8 Å². The van der Waals surface area contributed by atoms with Crippen LogP contribution in [0.4, 0.5) is 19.0 Å². The summed E-state index contributed by atoms with van der Waals surface area (Å²) < 4.78 is 41.8. The highest BCUT2D eigenvalue weighted by Gasteiger charge is 2.32. The molecule has 0 aliphatic carbocycles. The van der Waals surface area contributed by atoms with Crippen molar-refractivity contribution in [3.63, 3.8) is 0 Å². The highest BCUT2D eigenvalue weighted by molar-refractivity contribution is 5.91. The Morgan fingerprint density at radius 2 is 1.81 bits per heavy atom. The maximum absolute atomic E-state index is 12.3. The summed E-state index contributed by atoms with van der Waals surface area (Å²) in [5.74, 6) is 0.140. The number of carbonyl (C=O) groups is 2. The van der Waals surface area contributed by atoms with Gasteiger partial charge in [0.2, 0.25) is 11.8 Å². The molecule has 0 unspecified atom stereocenters. The second-order valence-electron chi connectivity index (χ2n) is 6.29. The minimum absolute atomic E-state index is 0.0647. The third-order valence-electron chi connectivity index (χ3n) is 3.93. The Kier molecular flexibility index (Phi) is 6.59. The summed E-state index contributed by atoms with van der Waals surface area (Å²) in [6.45, 7) is 2.66. The third kappa shape index (κ3) is 6.64. The fourth-order valence-corrected chi connectivity index (χ4v) is 2.59. The number of nitrogens with one attached hydrogen (secondary N) is 1. The van der Waals surface area contributed by atoms with Gasteiger partial charge in [-0.15, -0.1) is 0 Å². The Morgan fingerprint density at radius 1 is 1.23 bits per heavy atom. The summed E-state index contributed by atoms with van der Waals surface area (Å²) in [4.78, 5) is 28.2. The first-order valence-electron chi connectivity index (χ1n) is 8.11. The number of nitrogens with zero attached hydrogens (tertiary/aromatic N) is 4. The van der Waals surface area contributed by atoms with E-state index in [4.69, 9.17) is 4.52 Å². The van der Waals surface area contributed by atoms with Crippen LogP contribution in [-0.4, -0.2) is 90.7 Å². The quantitative estimate of drug-likeness (QED) is 0.780. The Bertz CT molecular complexity index is 626. The second-order valence-corrected chi connectivity index (χ2v) is 6.29. The van der Waals surface area contributed by atoms with Crippen LogP contribution < -0.4 is 5.32 Å². The number of amides is 2. The zero-order chi connectivity index (χ0) is 19.3. The van der Waals surface area contributed by atoms with Crippen molar-refractivity contribution in [3.8, 4) is 0 Å². The van der Waals surface area contributed by atoms with E-state index in [-0.39, 0.29) is 19.0 Å². The zero-order valence-electron chi connectivity index (χ0n) is 14.7. The van der Waals surface area contributed by atoms with Crippen LogP contribution in [0.1, 0.15) is 5.76 Å². The molecule has 0 atom stereocenters. The topological polar surface area (TPSA) is 81.9 Å². The molecule has 2 heterocycles. The molecule has 1 aliphatic heterocycles. The number of halogens is 3. The molecule has 2 rings (SSSR count). The zero-order valence-corrected chi connectivity index (χ0v) is 14.7. The SMILES string of the molecule is Cc1cc(NC(=O)CN2CCN(CC(=O)N(C)CC(F)(F)F)CC2)no1. The van der Waals surface area contributed by atoms with Crippen LogP contribution in [0.3, 0.4) is 0 Å². The summed E-state index contributed by atoms with van der Waals surface area (Å²) in [5, 5.41) is 6.30. The van der Waals surface area contributed by atoms with E-state index in [1.165, 1.54) is 0 Å². The van der Waals surface area contributed by atoms with Gasteiger partial charge in [0.05, 0.1) is 13.1 Å². The fraction of sp³-hybridized carbons (Fsp3) is 0.667. The molecule has 11 heteroatoms. The van der Waals surface area contributed by atoms with E-state index in [0.29, 0.717) is 42.7 Å². The van der Waals surface area contributed by atoms with Crippen LogP contribution in [-0.2, 0) is 9.59 Å². The molecule has 146 valence electrons. The molecule has 26 heavy (non-hydrogen) atoms. The first-order chi connectivity index (χ1) is 12.1. The molecule has 1 aromatic rings. The van der Waals surface area contributed by atoms with E-state index in [2.05, 4.69) is 10.5 Å². The smallest absolute Gasteiger partial charge is 0.360 e. The second kappa shape index (κ2) is 8.49. The van der Waals surface area contributed by atoms with E-state index < -0.39 is 18.6 Å². The number of likely N-dealkylation sites (N-methyl/N-ethyl adjacent to an activating group) is 1. The van der Waals surface area contributed by atoms with Gasteiger partial charge in [0.25, 0.3) is 0 Å². The van der Waals surface area contributed by atoms with Crippen LogP contribution in [0.25, 0.3) is 0 Å². The number of hydrogen-bond donors (Lipinski definition) is 1. The molecule has 0 saturated carbocycles. The van der Waals surface area contributed by atoms with Crippen molar-refractivity contribution in [2.75, 3.05) is 58.2 Å². The van der Waals surface area contributed by atoms with Crippen LogP contribution >= 0.6 is 0 Å². The summed E-state index contributed by atoms with van der Waals surface area (Å²) in [7, 11) is 1.14. The molecule has 0 spiro atoms. The lowest BCUT2D eigenvalue weighted by atomic mass is 10.3. The van der Waals surface area contributed by atoms with Gasteiger partial charge in [0.15, 0.2) is 5.82 Å². The number of rotatable bonds is 6. The number of carbonyl (C=O) groups excluding carboxylic acids is 2. The first kappa shape index (κ1) is 20.2. The average molecular weight is 377 g/mol. The Morgan fingerprint density at radius 3 is 2.31 bits per heavy atom. The third-order valence-corrected chi connectivity index (χ3v) is 3.93. The van der Waals surface area contributed by atoms with Crippen molar-refractivity contribution in [1.29, 1.82) is 0 Å². The molecule has 1 aromatic heterocycles. The normalized spacial score (nSPS) is 16.5. The summed E-state index contributed by atoms with van der Waals surface area (Å²) in [5.41, 5.74) is 0. The molecule has 0 aromatic carbocycles. The van der Waals surface area contributed by atoms with Gasteiger partial charge in [-0.3, -0.25) is 19.4 Å². The monoisotopic (exact) mass is 377 g/mol. The molecule has 0 bridgehead atoms.